The Morgan fingerprint density at radius 3 is 2.03 bits per heavy atom. The molecule has 148 valence electrons. The monoisotopic (exact) mass is 398 g/mol. The zero-order valence-corrected chi connectivity index (χ0v) is 16.1. The van der Waals surface area contributed by atoms with Gasteiger partial charge in [0.1, 0.15) is 11.5 Å². The minimum atomic E-state index is -0.457. The molecule has 2 N–H and O–H groups in total. The lowest BCUT2D eigenvalue weighted by Crippen LogP contribution is -2.24. The van der Waals surface area contributed by atoms with Crippen LogP contribution in [0.3, 0.4) is 0 Å². The largest absolute Gasteiger partial charge is 0.508 e. The molecule has 0 amide bonds. The van der Waals surface area contributed by atoms with Crippen LogP contribution in [0.4, 0.5) is 0 Å². The van der Waals surface area contributed by atoms with E-state index in [1.54, 1.807) is 12.1 Å². The van der Waals surface area contributed by atoms with E-state index in [0.717, 1.165) is 69.3 Å². The van der Waals surface area contributed by atoms with Crippen LogP contribution in [0.1, 0.15) is 44.3 Å². The number of fused-ring (bicyclic) bond motifs is 12. The molecule has 5 nitrogen and oxygen atoms in total. The van der Waals surface area contributed by atoms with E-state index in [1.807, 2.05) is 24.3 Å². The van der Waals surface area contributed by atoms with E-state index in [4.69, 9.17) is 9.47 Å². The molecule has 0 saturated carbocycles. The highest BCUT2D eigenvalue weighted by Crippen LogP contribution is 2.56. The first kappa shape index (κ1) is 16.5. The molecule has 1 fully saturated rings. The third-order valence-corrected chi connectivity index (χ3v) is 6.92. The number of phenols is 2. The van der Waals surface area contributed by atoms with Crippen molar-refractivity contribution in [1.29, 1.82) is 0 Å². The van der Waals surface area contributed by atoms with E-state index in [9.17, 15) is 15.0 Å². The lowest BCUT2D eigenvalue weighted by atomic mass is 9.71. The average molecular weight is 398 g/mol. The van der Waals surface area contributed by atoms with Gasteiger partial charge in [0.15, 0.2) is 6.10 Å². The molecule has 2 unspecified atom stereocenters. The van der Waals surface area contributed by atoms with Gasteiger partial charge in [0, 0.05) is 5.56 Å². The Morgan fingerprint density at radius 2 is 1.37 bits per heavy atom. The quantitative estimate of drug-likeness (QED) is 0.438. The highest BCUT2D eigenvalue weighted by Gasteiger charge is 2.53. The van der Waals surface area contributed by atoms with Gasteiger partial charge in [-0.05, 0) is 94.5 Å². The van der Waals surface area contributed by atoms with E-state index in [1.165, 1.54) is 0 Å². The fraction of sp³-hybridized carbons (Fsp3) is 0.240. The third-order valence-electron chi connectivity index (χ3n) is 6.92. The van der Waals surface area contributed by atoms with Crippen LogP contribution in [0, 0.1) is 0 Å². The van der Waals surface area contributed by atoms with Gasteiger partial charge < -0.3 is 19.7 Å². The zero-order chi connectivity index (χ0) is 20.1. The molecule has 2 heterocycles. The Kier molecular flexibility index (Phi) is 2.99. The van der Waals surface area contributed by atoms with Crippen LogP contribution < -0.4 is 0 Å². The summed E-state index contributed by atoms with van der Waals surface area (Å²) >= 11 is 0. The molecule has 2 atom stereocenters. The van der Waals surface area contributed by atoms with Gasteiger partial charge in [-0.2, -0.15) is 0 Å². The summed E-state index contributed by atoms with van der Waals surface area (Å²) in [6, 6.07) is 11.0. The van der Waals surface area contributed by atoms with Crippen molar-refractivity contribution in [3.05, 3.63) is 69.8 Å². The molecule has 3 aromatic rings. The summed E-state index contributed by atoms with van der Waals surface area (Å²) in [6.07, 6.45) is 2.43. The molecule has 5 heteroatoms. The number of rotatable bonds is 0. The van der Waals surface area contributed by atoms with Crippen molar-refractivity contribution in [2.45, 2.75) is 38.1 Å². The first-order valence-corrected chi connectivity index (χ1v) is 10.3. The highest BCUT2D eigenvalue weighted by atomic mass is 16.8. The molecule has 1 saturated heterocycles. The third kappa shape index (κ3) is 2.03. The van der Waals surface area contributed by atoms with Gasteiger partial charge in [-0.25, -0.2) is 4.79 Å². The molecule has 3 aromatic carbocycles. The number of benzene rings is 3. The van der Waals surface area contributed by atoms with Crippen LogP contribution in [-0.2, 0) is 35.2 Å². The Hall–Kier alpha value is -3.31. The van der Waals surface area contributed by atoms with Gasteiger partial charge >= 0.3 is 5.97 Å². The zero-order valence-electron chi connectivity index (χ0n) is 16.1. The minimum Gasteiger partial charge on any atom is -0.508 e. The highest BCUT2D eigenvalue weighted by molar-refractivity contribution is 6.03. The molecule has 2 aliphatic heterocycles. The van der Waals surface area contributed by atoms with Crippen molar-refractivity contribution in [1.82, 2.24) is 0 Å². The fourth-order valence-electron chi connectivity index (χ4n) is 5.66. The molecular formula is C25H18O5. The standard InChI is InChI=1S/C25H18O5/c26-13-3-7-15-11(9-13)1-5-17-19(15)20-16-8-4-14(27)10-12(16)2-6-18(20)22-21(17)23-25(29-23)30-24(22)28/h3-4,7-10,23,25-27H,1-2,5-6H2. The smallest absolute Gasteiger partial charge is 0.341 e. The number of carbonyl (C=O) groups excluding carboxylic acids is 1. The van der Waals surface area contributed by atoms with Crippen LogP contribution >= 0.6 is 0 Å². The maximum Gasteiger partial charge on any atom is 0.341 e. The molecule has 0 radical (unpaired) electrons. The van der Waals surface area contributed by atoms with E-state index < -0.39 is 6.29 Å². The molecular weight excluding hydrogens is 380 g/mol. The first-order valence-electron chi connectivity index (χ1n) is 10.3. The van der Waals surface area contributed by atoms with Crippen LogP contribution in [0.5, 0.6) is 11.5 Å². The van der Waals surface area contributed by atoms with Crippen LogP contribution in [0.2, 0.25) is 0 Å². The van der Waals surface area contributed by atoms with Gasteiger partial charge in [0.25, 0.3) is 0 Å². The second kappa shape index (κ2) is 5.43. The average Bonchev–Trinajstić information content (AvgIpc) is 3.51. The summed E-state index contributed by atoms with van der Waals surface area (Å²) in [6.45, 7) is 0. The van der Waals surface area contributed by atoms with Crippen molar-refractivity contribution < 1.29 is 24.5 Å². The van der Waals surface area contributed by atoms with Crippen molar-refractivity contribution >= 4 is 5.97 Å². The number of ether oxygens (including phenoxy) is 2. The first-order chi connectivity index (χ1) is 14.6. The lowest BCUT2D eigenvalue weighted by molar-refractivity contribution is 0.0290. The van der Waals surface area contributed by atoms with E-state index in [0.29, 0.717) is 12.0 Å². The lowest BCUT2D eigenvalue weighted by Gasteiger charge is -2.33. The van der Waals surface area contributed by atoms with Crippen molar-refractivity contribution in [2.24, 2.45) is 0 Å². The van der Waals surface area contributed by atoms with Crippen molar-refractivity contribution in [2.75, 3.05) is 0 Å². The molecule has 0 aromatic heterocycles. The Balaban J connectivity index is 1.64. The minimum absolute atomic E-state index is 0.170. The summed E-state index contributed by atoms with van der Waals surface area (Å²) < 4.78 is 11.2. The number of epoxide rings is 1. The summed E-state index contributed by atoms with van der Waals surface area (Å²) in [4.78, 5) is 13.0. The summed E-state index contributed by atoms with van der Waals surface area (Å²) in [5, 5.41) is 20.0. The van der Waals surface area contributed by atoms with Gasteiger partial charge in [-0.15, -0.1) is 0 Å². The maximum absolute atomic E-state index is 13.0. The Bertz CT molecular complexity index is 1310. The summed E-state index contributed by atoms with van der Waals surface area (Å²) in [5.41, 5.74) is 10.4. The number of carbonyl (C=O) groups is 1. The van der Waals surface area contributed by atoms with Crippen LogP contribution in [0.25, 0.3) is 22.3 Å². The van der Waals surface area contributed by atoms with Crippen LogP contribution in [0.15, 0.2) is 36.4 Å². The molecule has 0 spiro atoms. The number of aromatic hydroxyl groups is 2. The normalized spacial score (nSPS) is 21.9. The summed E-state index contributed by atoms with van der Waals surface area (Å²) in [5.74, 6) is 0.230. The number of hydrogen-bond acceptors (Lipinski definition) is 5. The predicted molar refractivity (Wildman–Crippen MR) is 108 cm³/mol. The number of phenolic OH excluding ortho intramolecular Hbond substituents is 2. The molecule has 30 heavy (non-hydrogen) atoms. The van der Waals surface area contributed by atoms with Crippen molar-refractivity contribution in [3.8, 4) is 33.8 Å². The van der Waals surface area contributed by atoms with E-state index >= 15 is 0 Å². The van der Waals surface area contributed by atoms with Gasteiger partial charge in [0.05, 0.1) is 5.56 Å². The molecule has 7 rings (SSSR count). The van der Waals surface area contributed by atoms with Gasteiger partial charge in [-0.1, -0.05) is 12.1 Å². The second-order valence-corrected chi connectivity index (χ2v) is 8.51. The number of aryl methyl sites for hydroxylation is 2. The SMILES string of the molecule is O=C1OC2OC2c2c3c(c4c(c21)CCc1cc(O)ccc1-4)-c1ccc(O)cc1CC3. The fourth-order valence-corrected chi connectivity index (χ4v) is 5.66. The predicted octanol–water partition coefficient (Wildman–Crippen LogP) is 4.20. The maximum atomic E-state index is 13.0. The Morgan fingerprint density at radius 1 is 0.767 bits per heavy atom. The molecule has 4 aliphatic rings. The number of esters is 1. The van der Waals surface area contributed by atoms with Gasteiger partial charge in [-0.3, -0.25) is 0 Å². The van der Waals surface area contributed by atoms with Gasteiger partial charge in [0.2, 0.25) is 6.29 Å². The number of hydrogen-bond donors (Lipinski definition) is 2. The van der Waals surface area contributed by atoms with Crippen molar-refractivity contribution in [3.63, 3.8) is 0 Å². The molecule has 2 aliphatic carbocycles. The molecule has 0 bridgehead atoms. The topological polar surface area (TPSA) is 79.3 Å². The Labute approximate surface area is 172 Å². The summed E-state index contributed by atoms with van der Waals surface area (Å²) in [7, 11) is 0. The van der Waals surface area contributed by atoms with E-state index in [-0.39, 0.29) is 23.6 Å². The van der Waals surface area contributed by atoms with E-state index in [2.05, 4.69) is 0 Å². The van der Waals surface area contributed by atoms with Crippen LogP contribution in [-0.4, -0.2) is 22.5 Å². The second-order valence-electron chi connectivity index (χ2n) is 8.51.